The van der Waals surface area contributed by atoms with Crippen LogP contribution in [0, 0.1) is 0 Å². The van der Waals surface area contributed by atoms with Gasteiger partial charge in [-0.05, 0) is 30.7 Å². The van der Waals surface area contributed by atoms with E-state index < -0.39 is 0 Å². The van der Waals surface area contributed by atoms with Crippen molar-refractivity contribution in [1.29, 1.82) is 0 Å². The van der Waals surface area contributed by atoms with Crippen LogP contribution in [0.2, 0.25) is 0 Å². The molecule has 0 saturated heterocycles. The molecule has 0 spiro atoms. The lowest BCUT2D eigenvalue weighted by atomic mass is 10.1. The topological polar surface area (TPSA) is 39.1 Å². The predicted molar refractivity (Wildman–Crippen MR) is 76.3 cm³/mol. The number of hydrogen-bond donors (Lipinski definition) is 1. The predicted octanol–water partition coefficient (Wildman–Crippen LogP) is 2.24. The molecule has 0 atom stereocenters. The molecular weight excluding hydrogens is 238 g/mol. The van der Waals surface area contributed by atoms with Gasteiger partial charge in [0.15, 0.2) is 0 Å². The van der Waals surface area contributed by atoms with Crippen LogP contribution in [0.15, 0.2) is 36.8 Å². The molecule has 2 aromatic rings. The van der Waals surface area contributed by atoms with E-state index in [1.165, 1.54) is 5.56 Å². The first-order chi connectivity index (χ1) is 9.31. The van der Waals surface area contributed by atoms with Gasteiger partial charge in [0.25, 0.3) is 0 Å². The van der Waals surface area contributed by atoms with Crippen molar-refractivity contribution in [2.45, 2.75) is 26.4 Å². The Morgan fingerprint density at radius 2 is 2.05 bits per heavy atom. The molecule has 0 aliphatic heterocycles. The van der Waals surface area contributed by atoms with Gasteiger partial charge < -0.3 is 14.6 Å². The number of rotatable bonds is 7. The van der Waals surface area contributed by atoms with Crippen LogP contribution in [0.25, 0.3) is 0 Å². The Morgan fingerprint density at radius 1 is 1.26 bits per heavy atom. The van der Waals surface area contributed by atoms with Crippen molar-refractivity contribution >= 4 is 0 Å². The van der Waals surface area contributed by atoms with E-state index in [4.69, 9.17) is 4.74 Å². The minimum Gasteiger partial charge on any atom is -0.497 e. The summed E-state index contributed by atoms with van der Waals surface area (Å²) in [6.45, 7) is 4.86. The average Bonchev–Trinajstić information content (AvgIpc) is 2.91. The molecule has 19 heavy (non-hydrogen) atoms. The second-order valence-electron chi connectivity index (χ2n) is 4.48. The molecule has 0 aliphatic rings. The molecule has 1 N–H and O–H groups in total. The summed E-state index contributed by atoms with van der Waals surface area (Å²) in [4.78, 5) is 4.37. The van der Waals surface area contributed by atoms with Crippen LogP contribution in [0.3, 0.4) is 0 Å². The van der Waals surface area contributed by atoms with Gasteiger partial charge in [-0.25, -0.2) is 4.98 Å². The van der Waals surface area contributed by atoms with Crippen molar-refractivity contribution in [3.8, 4) is 5.75 Å². The van der Waals surface area contributed by atoms with Gasteiger partial charge in [-0.15, -0.1) is 0 Å². The first-order valence-corrected chi connectivity index (χ1v) is 6.66. The van der Waals surface area contributed by atoms with Crippen LogP contribution >= 0.6 is 0 Å². The summed E-state index contributed by atoms with van der Waals surface area (Å²) in [5.74, 6) is 0.902. The van der Waals surface area contributed by atoms with Crippen molar-refractivity contribution < 1.29 is 4.74 Å². The molecule has 1 heterocycles. The van der Waals surface area contributed by atoms with Crippen molar-refractivity contribution in [2.75, 3.05) is 13.7 Å². The fourth-order valence-electron chi connectivity index (χ4n) is 1.92. The number of nitrogens with one attached hydrogen (secondary N) is 1. The maximum Gasteiger partial charge on any atom is 0.118 e. The first kappa shape index (κ1) is 13.6. The zero-order chi connectivity index (χ0) is 13.5. The highest BCUT2D eigenvalue weighted by Crippen LogP contribution is 2.12. The van der Waals surface area contributed by atoms with E-state index in [1.54, 1.807) is 7.11 Å². The minimum absolute atomic E-state index is 0.839. The van der Waals surface area contributed by atoms with Crippen LogP contribution < -0.4 is 10.1 Å². The Hall–Kier alpha value is -1.81. The quantitative estimate of drug-likeness (QED) is 0.829. The highest BCUT2D eigenvalue weighted by atomic mass is 16.5. The fourth-order valence-corrected chi connectivity index (χ4v) is 1.92. The SMILES string of the molecule is CCNCc1cn(CCc2ccc(OC)cc2)cn1. The Labute approximate surface area is 114 Å². The summed E-state index contributed by atoms with van der Waals surface area (Å²) in [5, 5.41) is 3.27. The van der Waals surface area contributed by atoms with Crippen LogP contribution in [-0.4, -0.2) is 23.2 Å². The van der Waals surface area contributed by atoms with Crippen LogP contribution in [0.1, 0.15) is 18.2 Å². The summed E-state index contributed by atoms with van der Waals surface area (Å²) >= 11 is 0. The molecule has 0 unspecified atom stereocenters. The monoisotopic (exact) mass is 259 g/mol. The number of aryl methyl sites for hydroxylation is 2. The lowest BCUT2D eigenvalue weighted by molar-refractivity contribution is 0.414. The van der Waals surface area contributed by atoms with Crippen LogP contribution in [0.5, 0.6) is 5.75 Å². The van der Waals surface area contributed by atoms with E-state index >= 15 is 0 Å². The normalized spacial score (nSPS) is 10.6. The summed E-state index contributed by atoms with van der Waals surface area (Å²) in [6, 6.07) is 8.21. The smallest absolute Gasteiger partial charge is 0.118 e. The molecule has 0 bridgehead atoms. The van der Waals surface area contributed by atoms with Gasteiger partial charge in [-0.3, -0.25) is 0 Å². The zero-order valence-corrected chi connectivity index (χ0v) is 11.6. The van der Waals surface area contributed by atoms with Gasteiger partial charge in [0, 0.05) is 19.3 Å². The third kappa shape index (κ3) is 4.10. The number of imidazole rings is 1. The molecule has 4 heteroatoms. The Balaban J connectivity index is 1.85. The van der Waals surface area contributed by atoms with E-state index in [9.17, 15) is 0 Å². The van der Waals surface area contributed by atoms with E-state index in [0.29, 0.717) is 0 Å². The molecule has 0 radical (unpaired) electrons. The number of nitrogens with zero attached hydrogens (tertiary/aromatic N) is 2. The van der Waals surface area contributed by atoms with Gasteiger partial charge in [-0.1, -0.05) is 19.1 Å². The van der Waals surface area contributed by atoms with Gasteiger partial charge in [0.05, 0.1) is 19.1 Å². The lowest BCUT2D eigenvalue weighted by Gasteiger charge is -2.04. The maximum absolute atomic E-state index is 5.15. The third-order valence-corrected chi connectivity index (χ3v) is 3.06. The molecule has 4 nitrogen and oxygen atoms in total. The summed E-state index contributed by atoms with van der Waals surface area (Å²) in [6.07, 6.45) is 5.00. The maximum atomic E-state index is 5.15. The Morgan fingerprint density at radius 3 is 2.74 bits per heavy atom. The van der Waals surface area contributed by atoms with Crippen molar-refractivity contribution in [3.63, 3.8) is 0 Å². The number of hydrogen-bond acceptors (Lipinski definition) is 3. The summed E-state index contributed by atoms with van der Waals surface area (Å²) in [5.41, 5.74) is 2.40. The Kier molecular flexibility index (Phi) is 4.98. The van der Waals surface area contributed by atoms with E-state index in [-0.39, 0.29) is 0 Å². The molecule has 2 rings (SSSR count). The molecule has 0 saturated carbocycles. The number of aromatic nitrogens is 2. The zero-order valence-electron chi connectivity index (χ0n) is 11.6. The first-order valence-electron chi connectivity index (χ1n) is 6.66. The lowest BCUT2D eigenvalue weighted by Crippen LogP contribution is -2.11. The highest BCUT2D eigenvalue weighted by Gasteiger charge is 1.99. The van der Waals surface area contributed by atoms with Gasteiger partial charge in [-0.2, -0.15) is 0 Å². The second kappa shape index (κ2) is 6.95. The summed E-state index contributed by atoms with van der Waals surface area (Å²) in [7, 11) is 1.69. The van der Waals surface area contributed by atoms with Crippen molar-refractivity contribution in [2.24, 2.45) is 0 Å². The molecule has 0 amide bonds. The van der Waals surface area contributed by atoms with Crippen LogP contribution in [0.4, 0.5) is 0 Å². The molecule has 1 aromatic carbocycles. The van der Waals surface area contributed by atoms with Gasteiger partial charge in [0.1, 0.15) is 5.75 Å². The average molecular weight is 259 g/mol. The summed E-state index contributed by atoms with van der Waals surface area (Å²) < 4.78 is 7.29. The van der Waals surface area contributed by atoms with Crippen molar-refractivity contribution in [3.05, 3.63) is 48.0 Å². The fraction of sp³-hybridized carbons (Fsp3) is 0.400. The van der Waals surface area contributed by atoms with E-state index in [1.807, 2.05) is 18.5 Å². The van der Waals surface area contributed by atoms with Crippen LogP contribution in [-0.2, 0) is 19.5 Å². The van der Waals surface area contributed by atoms with Crippen molar-refractivity contribution in [1.82, 2.24) is 14.9 Å². The molecule has 1 aromatic heterocycles. The number of ether oxygens (including phenoxy) is 1. The molecular formula is C15H21N3O. The standard InChI is InChI=1S/C15H21N3O/c1-3-16-10-14-11-18(12-17-14)9-8-13-4-6-15(19-2)7-5-13/h4-7,11-12,16H,3,8-10H2,1-2H3. The molecule has 0 fully saturated rings. The molecule has 102 valence electrons. The minimum atomic E-state index is 0.839. The Bertz CT molecular complexity index is 490. The molecule has 0 aliphatic carbocycles. The third-order valence-electron chi connectivity index (χ3n) is 3.06. The number of methoxy groups -OCH3 is 1. The van der Waals surface area contributed by atoms with E-state index in [2.05, 4.69) is 40.1 Å². The second-order valence-corrected chi connectivity index (χ2v) is 4.48. The largest absolute Gasteiger partial charge is 0.497 e. The highest BCUT2D eigenvalue weighted by molar-refractivity contribution is 5.27. The van der Waals surface area contributed by atoms with E-state index in [0.717, 1.165) is 37.5 Å². The number of benzene rings is 1. The van der Waals surface area contributed by atoms with Gasteiger partial charge in [0.2, 0.25) is 0 Å². The van der Waals surface area contributed by atoms with Gasteiger partial charge >= 0.3 is 0 Å².